The average molecular weight is 309 g/mol. The van der Waals surface area contributed by atoms with Gasteiger partial charge >= 0.3 is 5.97 Å². The molecule has 0 atom stereocenters. The number of carboxylic acids is 1. The van der Waals surface area contributed by atoms with Gasteiger partial charge in [-0.2, -0.15) is 5.10 Å². The largest absolute Gasteiger partial charge is 0.478 e. The van der Waals surface area contributed by atoms with Gasteiger partial charge < -0.3 is 5.11 Å². The van der Waals surface area contributed by atoms with Crippen LogP contribution in [0.1, 0.15) is 21.6 Å². The van der Waals surface area contributed by atoms with Crippen LogP contribution in [-0.2, 0) is 29.4 Å². The minimum absolute atomic E-state index is 0.0642. The van der Waals surface area contributed by atoms with Crippen LogP contribution in [0, 0.1) is 0 Å². The zero-order chi connectivity index (χ0) is 15.5. The van der Waals surface area contributed by atoms with Gasteiger partial charge in [0.1, 0.15) is 0 Å². The number of nitrogens with zero attached hydrogens (tertiary/aromatic N) is 2. The van der Waals surface area contributed by atoms with Gasteiger partial charge in [0.25, 0.3) is 0 Å². The molecule has 2 rings (SSSR count). The zero-order valence-electron chi connectivity index (χ0n) is 11.4. The van der Waals surface area contributed by atoms with E-state index in [1.807, 2.05) is 0 Å². The van der Waals surface area contributed by atoms with E-state index in [0.29, 0.717) is 5.56 Å². The number of aromatic carboxylic acids is 1. The van der Waals surface area contributed by atoms with Gasteiger partial charge in [-0.05, 0) is 23.8 Å². The van der Waals surface area contributed by atoms with Crippen molar-refractivity contribution < 1.29 is 18.3 Å². The van der Waals surface area contributed by atoms with Crippen LogP contribution in [0.3, 0.4) is 0 Å². The molecule has 0 aliphatic carbocycles. The molecule has 0 spiro atoms. The Labute approximate surface area is 122 Å². The lowest BCUT2D eigenvalue weighted by Gasteiger charge is -2.07. The SMILES string of the molecule is Cn1nccc1CNS(=O)(=O)Cc1cccc(C(=O)O)c1. The van der Waals surface area contributed by atoms with Crippen molar-refractivity contribution in [1.82, 2.24) is 14.5 Å². The van der Waals surface area contributed by atoms with Crippen LogP contribution in [0.4, 0.5) is 0 Å². The molecular formula is C13H15N3O4S. The molecule has 2 aromatic rings. The number of hydrogen-bond acceptors (Lipinski definition) is 4. The first-order valence-electron chi connectivity index (χ1n) is 6.14. The summed E-state index contributed by atoms with van der Waals surface area (Å²) in [6.07, 6.45) is 1.58. The first-order chi connectivity index (χ1) is 9.87. The van der Waals surface area contributed by atoms with Crippen molar-refractivity contribution in [2.24, 2.45) is 7.05 Å². The molecule has 0 saturated heterocycles. The van der Waals surface area contributed by atoms with E-state index in [4.69, 9.17) is 5.11 Å². The number of nitrogens with one attached hydrogen (secondary N) is 1. The van der Waals surface area contributed by atoms with Gasteiger partial charge in [-0.3, -0.25) is 4.68 Å². The molecule has 21 heavy (non-hydrogen) atoms. The highest BCUT2D eigenvalue weighted by Crippen LogP contribution is 2.09. The molecule has 0 fully saturated rings. The lowest BCUT2D eigenvalue weighted by Crippen LogP contribution is -2.25. The van der Waals surface area contributed by atoms with E-state index in [2.05, 4.69) is 9.82 Å². The average Bonchev–Trinajstić information content (AvgIpc) is 2.82. The molecule has 0 aliphatic rings. The number of hydrogen-bond donors (Lipinski definition) is 2. The Morgan fingerprint density at radius 1 is 1.38 bits per heavy atom. The quantitative estimate of drug-likeness (QED) is 0.819. The molecule has 7 nitrogen and oxygen atoms in total. The molecule has 112 valence electrons. The van der Waals surface area contributed by atoms with Crippen LogP contribution in [0.25, 0.3) is 0 Å². The van der Waals surface area contributed by atoms with Crippen LogP contribution >= 0.6 is 0 Å². The van der Waals surface area contributed by atoms with Crippen molar-refractivity contribution in [1.29, 1.82) is 0 Å². The summed E-state index contributed by atoms with van der Waals surface area (Å²) in [6.45, 7) is 0.136. The summed E-state index contributed by atoms with van der Waals surface area (Å²) in [5, 5.41) is 12.8. The summed E-state index contributed by atoms with van der Waals surface area (Å²) >= 11 is 0. The molecule has 1 heterocycles. The van der Waals surface area contributed by atoms with Gasteiger partial charge in [0, 0.05) is 13.2 Å². The number of carboxylic acid groups (broad SMARTS) is 1. The number of aromatic nitrogens is 2. The molecule has 8 heteroatoms. The van der Waals surface area contributed by atoms with Crippen molar-refractivity contribution in [3.8, 4) is 0 Å². The minimum Gasteiger partial charge on any atom is -0.478 e. The Morgan fingerprint density at radius 2 is 2.14 bits per heavy atom. The Bertz CT molecular complexity index is 752. The standard InChI is InChI=1S/C13H15N3O4S/c1-16-12(5-6-14-16)8-15-21(19,20)9-10-3-2-4-11(7-10)13(17)18/h2-7,15H,8-9H2,1H3,(H,17,18). The smallest absolute Gasteiger partial charge is 0.335 e. The molecular weight excluding hydrogens is 294 g/mol. The predicted octanol–water partition coefficient (Wildman–Crippen LogP) is 0.738. The first-order valence-corrected chi connectivity index (χ1v) is 7.79. The third-order valence-electron chi connectivity index (χ3n) is 2.93. The van der Waals surface area contributed by atoms with Crippen LogP contribution in [0.15, 0.2) is 36.5 Å². The van der Waals surface area contributed by atoms with Crippen molar-refractivity contribution in [3.63, 3.8) is 0 Å². The fourth-order valence-electron chi connectivity index (χ4n) is 1.82. The normalized spacial score (nSPS) is 11.5. The maximum Gasteiger partial charge on any atom is 0.335 e. The van der Waals surface area contributed by atoms with Crippen molar-refractivity contribution >= 4 is 16.0 Å². The molecule has 2 N–H and O–H groups in total. The summed E-state index contributed by atoms with van der Waals surface area (Å²) in [6, 6.07) is 7.59. The Hall–Kier alpha value is -2.19. The second kappa shape index (κ2) is 6.06. The van der Waals surface area contributed by atoms with E-state index < -0.39 is 16.0 Å². The van der Waals surface area contributed by atoms with Crippen molar-refractivity contribution in [2.45, 2.75) is 12.3 Å². The topological polar surface area (TPSA) is 101 Å². The van der Waals surface area contributed by atoms with Crippen LogP contribution in [0.5, 0.6) is 0 Å². The molecule has 0 radical (unpaired) electrons. The molecule has 0 aliphatic heterocycles. The third-order valence-corrected chi connectivity index (χ3v) is 4.22. The van der Waals surface area contributed by atoms with Gasteiger partial charge in [0.2, 0.25) is 10.0 Å². The Morgan fingerprint density at radius 3 is 2.76 bits per heavy atom. The van der Waals surface area contributed by atoms with Crippen LogP contribution < -0.4 is 4.72 Å². The summed E-state index contributed by atoms with van der Waals surface area (Å²) in [5.41, 5.74) is 1.22. The second-order valence-electron chi connectivity index (χ2n) is 4.53. The first kappa shape index (κ1) is 15.2. The summed E-state index contributed by atoms with van der Waals surface area (Å²) < 4.78 is 28.0. The van der Waals surface area contributed by atoms with E-state index in [-0.39, 0.29) is 17.9 Å². The molecule has 0 unspecified atom stereocenters. The van der Waals surface area contributed by atoms with Crippen molar-refractivity contribution in [3.05, 3.63) is 53.3 Å². The molecule has 0 saturated carbocycles. The van der Waals surface area contributed by atoms with E-state index >= 15 is 0 Å². The summed E-state index contributed by atoms with van der Waals surface area (Å²) in [7, 11) is -1.83. The fourth-order valence-corrected chi connectivity index (χ4v) is 2.91. The molecule has 0 amide bonds. The van der Waals surface area contributed by atoms with Crippen LogP contribution in [-0.4, -0.2) is 29.3 Å². The molecule has 1 aromatic carbocycles. The molecule has 1 aromatic heterocycles. The number of sulfonamides is 1. The lowest BCUT2D eigenvalue weighted by atomic mass is 10.1. The number of rotatable bonds is 6. The predicted molar refractivity (Wildman–Crippen MR) is 76.1 cm³/mol. The van der Waals surface area contributed by atoms with E-state index in [1.54, 1.807) is 30.1 Å². The molecule has 0 bridgehead atoms. The highest BCUT2D eigenvalue weighted by Gasteiger charge is 2.13. The van der Waals surface area contributed by atoms with Gasteiger partial charge in [-0.25, -0.2) is 17.9 Å². The monoisotopic (exact) mass is 309 g/mol. The van der Waals surface area contributed by atoms with Gasteiger partial charge in [0.15, 0.2) is 0 Å². The van der Waals surface area contributed by atoms with E-state index in [1.165, 1.54) is 18.2 Å². The number of benzene rings is 1. The maximum atomic E-state index is 12.0. The Balaban J connectivity index is 2.05. The van der Waals surface area contributed by atoms with Gasteiger partial charge in [0.05, 0.1) is 23.6 Å². The second-order valence-corrected chi connectivity index (χ2v) is 6.34. The minimum atomic E-state index is -3.55. The van der Waals surface area contributed by atoms with Crippen molar-refractivity contribution in [2.75, 3.05) is 0 Å². The fraction of sp³-hybridized carbons (Fsp3) is 0.231. The van der Waals surface area contributed by atoms with E-state index in [9.17, 15) is 13.2 Å². The third kappa shape index (κ3) is 4.14. The lowest BCUT2D eigenvalue weighted by molar-refractivity contribution is 0.0696. The Kier molecular flexibility index (Phi) is 4.39. The van der Waals surface area contributed by atoms with Gasteiger partial charge in [-0.15, -0.1) is 0 Å². The number of aryl methyl sites for hydroxylation is 1. The maximum absolute atomic E-state index is 12.0. The summed E-state index contributed by atoms with van der Waals surface area (Å²) in [4.78, 5) is 10.9. The van der Waals surface area contributed by atoms with Crippen LogP contribution in [0.2, 0.25) is 0 Å². The van der Waals surface area contributed by atoms with E-state index in [0.717, 1.165) is 5.69 Å². The number of carbonyl (C=O) groups is 1. The summed E-state index contributed by atoms with van der Waals surface area (Å²) in [5.74, 6) is -1.36. The highest BCUT2D eigenvalue weighted by molar-refractivity contribution is 7.88. The zero-order valence-corrected chi connectivity index (χ0v) is 12.2. The van der Waals surface area contributed by atoms with Gasteiger partial charge in [-0.1, -0.05) is 12.1 Å². The highest BCUT2D eigenvalue weighted by atomic mass is 32.2.